The molecule has 1 aliphatic heterocycles. The number of carbonyl (C=O) groups excluding carboxylic acids is 2. The Morgan fingerprint density at radius 2 is 1.18 bits per heavy atom. The highest BCUT2D eigenvalue weighted by Gasteiger charge is 2.60. The second kappa shape index (κ2) is 11.2. The minimum absolute atomic E-state index is 0.00594. The molecule has 0 bridgehead atoms. The Labute approximate surface area is 233 Å². The average molecular weight is 594 g/mol. The fourth-order valence-corrected chi connectivity index (χ4v) is 5.40. The molecule has 2 aromatic rings. The highest BCUT2D eigenvalue weighted by atomic mass is 35.5. The normalized spacial score (nSPS) is 16.9. The number of esters is 1. The van der Waals surface area contributed by atoms with Crippen LogP contribution in [-0.4, -0.2) is 42.3 Å². The van der Waals surface area contributed by atoms with Gasteiger partial charge in [-0.05, 0) is 88.6 Å². The summed E-state index contributed by atoms with van der Waals surface area (Å²) in [6.07, 6.45) is -10.6. The summed E-state index contributed by atoms with van der Waals surface area (Å²) in [4.78, 5) is 26.4. The van der Waals surface area contributed by atoms with E-state index in [1.807, 2.05) is 11.8 Å². The molecule has 2 aromatic carbocycles. The van der Waals surface area contributed by atoms with Gasteiger partial charge in [-0.15, -0.1) is 11.6 Å². The lowest BCUT2D eigenvalue weighted by molar-refractivity contribution is -0.159. The van der Waals surface area contributed by atoms with Crippen LogP contribution >= 0.6 is 11.6 Å². The molecule has 0 N–H and O–H groups in total. The van der Waals surface area contributed by atoms with Crippen molar-refractivity contribution < 1.29 is 45.4 Å². The number of alkyl halides is 7. The highest BCUT2D eigenvalue weighted by Crippen LogP contribution is 2.57. The van der Waals surface area contributed by atoms with E-state index >= 15 is 0 Å². The molecule has 0 radical (unpaired) electrons. The summed E-state index contributed by atoms with van der Waals surface area (Å²) in [6.45, 7) is 7.80. The molecule has 1 heterocycles. The fraction of sp³-hybridized carbons (Fsp3) is 0.500. The van der Waals surface area contributed by atoms with Gasteiger partial charge in [-0.25, -0.2) is 4.79 Å². The van der Waals surface area contributed by atoms with Crippen molar-refractivity contribution in [2.24, 2.45) is 5.41 Å². The topological polar surface area (TPSA) is 55.8 Å². The van der Waals surface area contributed by atoms with Gasteiger partial charge in [-0.2, -0.15) is 26.3 Å². The number of halogens is 7. The minimum Gasteiger partial charge on any atom is -0.428 e. The third-order valence-corrected chi connectivity index (χ3v) is 7.79. The second-order valence-corrected chi connectivity index (χ2v) is 11.2. The van der Waals surface area contributed by atoms with Gasteiger partial charge in [0.15, 0.2) is 0 Å². The van der Waals surface area contributed by atoms with Crippen molar-refractivity contribution in [2.75, 3.05) is 19.6 Å². The summed E-state index contributed by atoms with van der Waals surface area (Å²) in [5.41, 5.74) is -4.69. The number of nitrogens with zero attached hydrogens (tertiary/aromatic N) is 1. The van der Waals surface area contributed by atoms with Gasteiger partial charge in [-0.1, -0.05) is 31.2 Å². The quantitative estimate of drug-likeness (QED) is 0.153. The molecule has 0 amide bonds. The molecule has 0 spiro atoms. The zero-order chi connectivity index (χ0) is 30.1. The largest absolute Gasteiger partial charge is 0.516 e. The number of hydrogen-bond donors (Lipinski definition) is 0. The van der Waals surface area contributed by atoms with Crippen LogP contribution in [-0.2, 0) is 31.5 Å². The summed E-state index contributed by atoms with van der Waals surface area (Å²) in [5.74, 6) is -1.09. The van der Waals surface area contributed by atoms with Crippen molar-refractivity contribution in [1.29, 1.82) is 0 Å². The van der Waals surface area contributed by atoms with E-state index in [0.29, 0.717) is 19.6 Å². The zero-order valence-corrected chi connectivity index (χ0v) is 23.1. The van der Waals surface area contributed by atoms with E-state index < -0.39 is 51.5 Å². The van der Waals surface area contributed by atoms with Gasteiger partial charge in [0.05, 0.1) is 16.5 Å². The third kappa shape index (κ3) is 6.57. The van der Waals surface area contributed by atoms with E-state index in [-0.39, 0.29) is 24.0 Å². The molecule has 0 saturated carbocycles. The molecule has 220 valence electrons. The van der Waals surface area contributed by atoms with Gasteiger partial charge in [0.1, 0.15) is 10.5 Å². The van der Waals surface area contributed by atoms with Gasteiger partial charge in [0, 0.05) is 0 Å². The van der Waals surface area contributed by atoms with Gasteiger partial charge in [0.2, 0.25) is 0 Å². The molecule has 0 unspecified atom stereocenters. The predicted molar refractivity (Wildman–Crippen MR) is 136 cm³/mol. The van der Waals surface area contributed by atoms with Crippen LogP contribution < -0.4 is 0 Å². The standard InChI is InChI=1S/C28H30ClF6NO4/c1-5-36-16-14-25(15-17-36,22(37)39-23(38)40-24(2,3)4)26(29,18-6-10-20(11-7-18)27(30,31)32)19-8-12-21(13-9-19)28(33,34)35/h6-13H,5,14-17H2,1-4H3. The Balaban J connectivity index is 2.23. The second-order valence-electron chi connectivity index (χ2n) is 10.7. The summed E-state index contributed by atoms with van der Waals surface area (Å²) >= 11 is 7.33. The third-order valence-electron chi connectivity index (χ3n) is 6.99. The van der Waals surface area contributed by atoms with Gasteiger partial charge in [-0.3, -0.25) is 4.79 Å². The Kier molecular flexibility index (Phi) is 8.91. The van der Waals surface area contributed by atoms with Crippen molar-refractivity contribution in [3.63, 3.8) is 0 Å². The van der Waals surface area contributed by atoms with Crippen molar-refractivity contribution >= 4 is 23.7 Å². The summed E-state index contributed by atoms with van der Waals surface area (Å²) in [5, 5.41) is 0. The van der Waals surface area contributed by atoms with E-state index in [1.165, 1.54) is 0 Å². The molecular formula is C28H30ClF6NO4. The van der Waals surface area contributed by atoms with Crippen LogP contribution in [0.15, 0.2) is 48.5 Å². The van der Waals surface area contributed by atoms with E-state index in [9.17, 15) is 35.9 Å². The Bertz CT molecular complexity index is 1140. The molecule has 0 atom stereocenters. The van der Waals surface area contributed by atoms with E-state index in [0.717, 1.165) is 48.5 Å². The maximum atomic E-state index is 13.9. The fourth-order valence-electron chi connectivity index (χ4n) is 4.88. The molecule has 40 heavy (non-hydrogen) atoms. The number of carbonyl (C=O) groups is 2. The first-order valence-electron chi connectivity index (χ1n) is 12.6. The number of benzene rings is 2. The molecular weight excluding hydrogens is 564 g/mol. The van der Waals surface area contributed by atoms with Crippen LogP contribution in [0.25, 0.3) is 0 Å². The van der Waals surface area contributed by atoms with Gasteiger partial charge in [0.25, 0.3) is 0 Å². The number of likely N-dealkylation sites (tertiary alicyclic amines) is 1. The molecule has 3 rings (SSSR count). The van der Waals surface area contributed by atoms with Crippen molar-refractivity contribution in [3.8, 4) is 0 Å². The monoisotopic (exact) mass is 593 g/mol. The molecule has 12 heteroatoms. The first-order chi connectivity index (χ1) is 18.3. The Morgan fingerprint density at radius 3 is 1.50 bits per heavy atom. The van der Waals surface area contributed by atoms with Gasteiger partial charge >= 0.3 is 24.5 Å². The minimum atomic E-state index is -4.67. The summed E-state index contributed by atoms with van der Waals surface area (Å²) in [6, 6.07) is 7.47. The molecule has 1 saturated heterocycles. The van der Waals surface area contributed by atoms with Crippen LogP contribution in [0.3, 0.4) is 0 Å². The predicted octanol–water partition coefficient (Wildman–Crippen LogP) is 7.79. The smallest absolute Gasteiger partial charge is 0.428 e. The average Bonchev–Trinajstić information content (AvgIpc) is 2.86. The highest BCUT2D eigenvalue weighted by molar-refractivity contribution is 6.28. The molecule has 0 aliphatic carbocycles. The SMILES string of the molecule is CCN1CCC(C(=O)OC(=O)OC(C)(C)C)(C(Cl)(c2ccc(C(F)(F)F)cc2)c2ccc(C(F)(F)F)cc2)CC1. The number of hydrogen-bond acceptors (Lipinski definition) is 5. The first-order valence-corrected chi connectivity index (χ1v) is 12.9. The molecule has 1 fully saturated rings. The maximum Gasteiger partial charge on any atom is 0.516 e. The van der Waals surface area contributed by atoms with Gasteiger partial charge < -0.3 is 14.4 Å². The Hall–Kier alpha value is -2.79. The van der Waals surface area contributed by atoms with Crippen molar-refractivity contribution in [2.45, 2.75) is 63.4 Å². The van der Waals surface area contributed by atoms with E-state index in [1.54, 1.807) is 20.8 Å². The Morgan fingerprint density at radius 1 is 0.800 bits per heavy atom. The van der Waals surface area contributed by atoms with Crippen molar-refractivity contribution in [1.82, 2.24) is 4.90 Å². The summed E-state index contributed by atoms with van der Waals surface area (Å²) in [7, 11) is 0. The van der Waals surface area contributed by atoms with Crippen LogP contribution in [0.1, 0.15) is 62.8 Å². The first kappa shape index (κ1) is 31.7. The van der Waals surface area contributed by atoms with E-state index in [2.05, 4.69) is 0 Å². The lowest BCUT2D eigenvalue weighted by Gasteiger charge is -2.49. The molecule has 1 aliphatic rings. The number of piperidine rings is 1. The lowest BCUT2D eigenvalue weighted by Crippen LogP contribution is -2.55. The van der Waals surface area contributed by atoms with Crippen LogP contribution in [0.2, 0.25) is 0 Å². The zero-order valence-electron chi connectivity index (χ0n) is 22.4. The van der Waals surface area contributed by atoms with Crippen LogP contribution in [0.5, 0.6) is 0 Å². The number of ether oxygens (including phenoxy) is 2. The molecule has 0 aromatic heterocycles. The summed E-state index contributed by atoms with van der Waals surface area (Å²) < 4.78 is 90.3. The van der Waals surface area contributed by atoms with Crippen LogP contribution in [0.4, 0.5) is 31.1 Å². The maximum absolute atomic E-state index is 13.9. The lowest BCUT2D eigenvalue weighted by atomic mass is 9.62. The van der Waals surface area contributed by atoms with E-state index in [4.69, 9.17) is 21.1 Å². The van der Waals surface area contributed by atoms with Crippen LogP contribution in [0, 0.1) is 5.41 Å². The van der Waals surface area contributed by atoms with Crippen molar-refractivity contribution in [3.05, 3.63) is 70.8 Å². The number of rotatable bonds is 5. The molecule has 5 nitrogen and oxygen atoms in total.